The first-order valence-electron chi connectivity index (χ1n) is 7.67. The quantitative estimate of drug-likeness (QED) is 0.305. The van der Waals surface area contributed by atoms with E-state index in [1.807, 2.05) is 0 Å². The van der Waals surface area contributed by atoms with Crippen LogP contribution in [-0.2, 0) is 23.8 Å². The lowest BCUT2D eigenvalue weighted by Crippen LogP contribution is -2.12. The van der Waals surface area contributed by atoms with Gasteiger partial charge in [0.25, 0.3) is 0 Å². The van der Waals surface area contributed by atoms with Gasteiger partial charge in [-0.2, -0.15) is 0 Å². The van der Waals surface area contributed by atoms with Crippen molar-refractivity contribution in [3.63, 3.8) is 0 Å². The van der Waals surface area contributed by atoms with E-state index in [1.165, 1.54) is 0 Å². The summed E-state index contributed by atoms with van der Waals surface area (Å²) in [6, 6.07) is 7.07. The summed E-state index contributed by atoms with van der Waals surface area (Å²) in [6.45, 7) is 8.13. The van der Waals surface area contributed by atoms with E-state index >= 15 is 0 Å². The minimum Gasteiger partial charge on any atom is -0.491 e. The van der Waals surface area contributed by atoms with E-state index in [2.05, 4.69) is 13.2 Å². The summed E-state index contributed by atoms with van der Waals surface area (Å²) in [6.07, 6.45) is 2.20. The predicted molar refractivity (Wildman–Crippen MR) is 90.6 cm³/mol. The Balaban J connectivity index is 2.15. The summed E-state index contributed by atoms with van der Waals surface area (Å²) in [5.41, 5.74) is 0. The second-order valence-electron chi connectivity index (χ2n) is 4.53. The van der Waals surface area contributed by atoms with Crippen molar-refractivity contribution >= 4 is 11.9 Å². The van der Waals surface area contributed by atoms with E-state index in [0.29, 0.717) is 24.7 Å². The Morgan fingerprint density at radius 2 is 1.28 bits per heavy atom. The van der Waals surface area contributed by atoms with Gasteiger partial charge in [-0.3, -0.25) is 0 Å². The van der Waals surface area contributed by atoms with Crippen LogP contribution in [0.25, 0.3) is 0 Å². The standard InChI is InChI=1S/C18H22O7/c1-3-17(19)24-11-9-21-8-10-22-15-6-5-7-16(14-15)23-12-13-25-18(20)4-2/h3-7,14H,1-2,8-13H2. The van der Waals surface area contributed by atoms with E-state index in [0.717, 1.165) is 12.2 Å². The van der Waals surface area contributed by atoms with Crippen LogP contribution in [0.3, 0.4) is 0 Å². The number of carbonyl (C=O) groups is 2. The number of benzene rings is 1. The molecule has 0 saturated carbocycles. The third-order valence-electron chi connectivity index (χ3n) is 2.70. The molecular formula is C18H22O7. The lowest BCUT2D eigenvalue weighted by Gasteiger charge is -2.10. The lowest BCUT2D eigenvalue weighted by molar-refractivity contribution is -0.139. The topological polar surface area (TPSA) is 80.3 Å². The fraction of sp³-hybridized carbons (Fsp3) is 0.333. The maximum Gasteiger partial charge on any atom is 0.330 e. The maximum absolute atomic E-state index is 10.9. The largest absolute Gasteiger partial charge is 0.491 e. The zero-order valence-electron chi connectivity index (χ0n) is 14.0. The summed E-state index contributed by atoms with van der Waals surface area (Å²) in [5.74, 6) is 0.266. The van der Waals surface area contributed by atoms with Crippen LogP contribution in [0.1, 0.15) is 0 Å². The molecule has 7 nitrogen and oxygen atoms in total. The van der Waals surface area contributed by atoms with Gasteiger partial charge in [-0.15, -0.1) is 0 Å². The van der Waals surface area contributed by atoms with E-state index < -0.39 is 11.9 Å². The second kappa shape index (κ2) is 12.6. The molecule has 1 aromatic carbocycles. The van der Waals surface area contributed by atoms with Crippen LogP contribution < -0.4 is 9.47 Å². The van der Waals surface area contributed by atoms with Gasteiger partial charge >= 0.3 is 11.9 Å². The fourth-order valence-electron chi connectivity index (χ4n) is 1.60. The Hall–Kier alpha value is -2.80. The molecular weight excluding hydrogens is 328 g/mol. The van der Waals surface area contributed by atoms with Crippen molar-refractivity contribution in [1.29, 1.82) is 0 Å². The van der Waals surface area contributed by atoms with Crippen LogP contribution >= 0.6 is 0 Å². The van der Waals surface area contributed by atoms with Crippen LogP contribution in [0, 0.1) is 0 Å². The van der Waals surface area contributed by atoms with E-state index in [4.69, 9.17) is 23.7 Å². The molecule has 0 fully saturated rings. The van der Waals surface area contributed by atoms with Crippen LogP contribution in [0.2, 0.25) is 0 Å². The first-order valence-corrected chi connectivity index (χ1v) is 7.67. The molecule has 1 rings (SSSR count). The van der Waals surface area contributed by atoms with Gasteiger partial charge in [-0.05, 0) is 12.1 Å². The molecule has 0 N–H and O–H groups in total. The highest BCUT2D eigenvalue weighted by Gasteiger charge is 2.00. The highest BCUT2D eigenvalue weighted by Crippen LogP contribution is 2.19. The molecule has 136 valence electrons. The normalized spacial score (nSPS) is 9.76. The average molecular weight is 350 g/mol. The molecule has 0 unspecified atom stereocenters. The average Bonchev–Trinajstić information content (AvgIpc) is 2.64. The molecule has 0 radical (unpaired) electrons. The Labute approximate surface area is 146 Å². The Morgan fingerprint density at radius 3 is 1.84 bits per heavy atom. The molecule has 0 spiro atoms. The van der Waals surface area contributed by atoms with Gasteiger partial charge in [-0.25, -0.2) is 9.59 Å². The van der Waals surface area contributed by atoms with Gasteiger partial charge in [-0.1, -0.05) is 19.2 Å². The number of rotatable bonds is 13. The Kier molecular flexibility index (Phi) is 10.2. The van der Waals surface area contributed by atoms with Crippen molar-refractivity contribution < 1.29 is 33.3 Å². The lowest BCUT2D eigenvalue weighted by atomic mass is 10.3. The number of esters is 2. The zero-order chi connectivity index (χ0) is 18.3. The molecule has 0 amide bonds. The van der Waals surface area contributed by atoms with Crippen molar-refractivity contribution in [2.45, 2.75) is 0 Å². The van der Waals surface area contributed by atoms with Crippen molar-refractivity contribution in [3.8, 4) is 11.5 Å². The molecule has 25 heavy (non-hydrogen) atoms. The van der Waals surface area contributed by atoms with Crippen molar-refractivity contribution in [2.75, 3.05) is 39.6 Å². The minimum atomic E-state index is -0.486. The van der Waals surface area contributed by atoms with Crippen LogP contribution in [0.5, 0.6) is 11.5 Å². The molecule has 0 atom stereocenters. The predicted octanol–water partition coefficient (Wildman–Crippen LogP) is 1.92. The highest BCUT2D eigenvalue weighted by molar-refractivity contribution is 5.81. The fourth-order valence-corrected chi connectivity index (χ4v) is 1.60. The Bertz CT molecular complexity index is 568. The first-order chi connectivity index (χ1) is 12.2. The monoisotopic (exact) mass is 350 g/mol. The molecule has 7 heteroatoms. The summed E-state index contributed by atoms with van der Waals surface area (Å²) in [4.78, 5) is 21.7. The van der Waals surface area contributed by atoms with Crippen LogP contribution in [0.15, 0.2) is 49.6 Å². The number of hydrogen-bond donors (Lipinski definition) is 0. The molecule has 0 saturated heterocycles. The van der Waals surface area contributed by atoms with Gasteiger partial charge < -0.3 is 23.7 Å². The van der Waals surface area contributed by atoms with E-state index in [9.17, 15) is 9.59 Å². The molecule has 0 aliphatic heterocycles. The van der Waals surface area contributed by atoms with Gasteiger partial charge in [0.2, 0.25) is 0 Å². The molecule has 1 aromatic rings. The van der Waals surface area contributed by atoms with Gasteiger partial charge in [0.15, 0.2) is 0 Å². The van der Waals surface area contributed by atoms with Gasteiger partial charge in [0, 0.05) is 18.2 Å². The number of carbonyl (C=O) groups excluding carboxylic acids is 2. The number of ether oxygens (including phenoxy) is 5. The summed E-state index contributed by atoms with van der Waals surface area (Å²) < 4.78 is 25.8. The third kappa shape index (κ3) is 9.83. The van der Waals surface area contributed by atoms with Gasteiger partial charge in [0.1, 0.15) is 37.9 Å². The van der Waals surface area contributed by atoms with Crippen molar-refractivity contribution in [3.05, 3.63) is 49.6 Å². The highest BCUT2D eigenvalue weighted by atomic mass is 16.6. The third-order valence-corrected chi connectivity index (χ3v) is 2.70. The van der Waals surface area contributed by atoms with Crippen molar-refractivity contribution in [1.82, 2.24) is 0 Å². The summed E-state index contributed by atoms with van der Waals surface area (Å²) in [5, 5.41) is 0. The van der Waals surface area contributed by atoms with E-state index in [-0.39, 0.29) is 26.4 Å². The first kappa shape index (κ1) is 20.2. The van der Waals surface area contributed by atoms with Gasteiger partial charge in [0.05, 0.1) is 13.2 Å². The molecule has 0 aromatic heterocycles. The summed E-state index contributed by atoms with van der Waals surface area (Å²) >= 11 is 0. The smallest absolute Gasteiger partial charge is 0.330 e. The van der Waals surface area contributed by atoms with Crippen molar-refractivity contribution in [2.24, 2.45) is 0 Å². The summed E-state index contributed by atoms with van der Waals surface area (Å²) in [7, 11) is 0. The molecule has 0 bridgehead atoms. The second-order valence-corrected chi connectivity index (χ2v) is 4.53. The molecule has 0 heterocycles. The zero-order valence-corrected chi connectivity index (χ0v) is 14.0. The maximum atomic E-state index is 10.9. The van der Waals surface area contributed by atoms with Crippen LogP contribution in [-0.4, -0.2) is 51.6 Å². The Morgan fingerprint density at radius 1 is 0.800 bits per heavy atom. The molecule has 0 aliphatic carbocycles. The molecule has 0 aliphatic rings. The SMILES string of the molecule is C=CC(=O)OCCOCCOc1cccc(OCCOC(=O)C=C)c1. The minimum absolute atomic E-state index is 0.139. The van der Waals surface area contributed by atoms with Crippen LogP contribution in [0.4, 0.5) is 0 Å². The number of hydrogen-bond acceptors (Lipinski definition) is 7. The van der Waals surface area contributed by atoms with E-state index in [1.54, 1.807) is 24.3 Å².